The van der Waals surface area contributed by atoms with E-state index < -0.39 is 5.41 Å². The number of hydrogen-bond acceptors (Lipinski definition) is 2. The molecule has 0 bridgehead atoms. The van der Waals surface area contributed by atoms with Gasteiger partial charge >= 0.3 is 0 Å². The summed E-state index contributed by atoms with van der Waals surface area (Å²) in [5.41, 5.74) is 17.6. The van der Waals surface area contributed by atoms with E-state index >= 15 is 0 Å². The molecule has 0 amide bonds. The van der Waals surface area contributed by atoms with Gasteiger partial charge in [-0.05, 0) is 85.8 Å². The predicted octanol–water partition coefficient (Wildman–Crippen LogP) is 13.6. The van der Waals surface area contributed by atoms with Crippen LogP contribution in [0.5, 0.6) is 0 Å². The molecular formula is C53H43NS. The lowest BCUT2D eigenvalue weighted by Crippen LogP contribution is -2.28. The predicted molar refractivity (Wildman–Crippen MR) is 233 cm³/mol. The Morgan fingerprint density at radius 1 is 0.582 bits per heavy atom. The van der Waals surface area contributed by atoms with Crippen molar-refractivity contribution in [3.63, 3.8) is 0 Å². The minimum Gasteiger partial charge on any atom is -0.350 e. The normalized spacial score (nSPS) is 21.2. The number of thioether (sulfide) groups is 1. The van der Waals surface area contributed by atoms with Crippen LogP contribution in [0, 0.1) is 0 Å². The zero-order valence-corrected chi connectivity index (χ0v) is 32.4. The maximum Gasteiger partial charge on any atom is 0.0774 e. The molecule has 55 heavy (non-hydrogen) atoms. The summed E-state index contributed by atoms with van der Waals surface area (Å²) < 4.78 is 0. The van der Waals surface area contributed by atoms with Gasteiger partial charge in [0.15, 0.2) is 0 Å². The van der Waals surface area contributed by atoms with E-state index in [1.54, 1.807) is 17.3 Å². The van der Waals surface area contributed by atoms with Gasteiger partial charge in [-0.15, -0.1) is 0 Å². The van der Waals surface area contributed by atoms with Crippen molar-refractivity contribution in [1.82, 2.24) is 0 Å². The molecule has 1 nitrogen and oxygen atoms in total. The standard InChI is InChI=1S/C53H43NS/c1-35-16-15-25-48(54-39-28-26-36(27-29-39)52(4)33-32-42-41-21-11-13-23-44(41)51(2,3)47(42)34-52)55-50-40(35)30-31-46-49(50)43-22-12-14-24-45(43)53(46,37-17-7-5-8-18-37)38-19-9-6-10-20-38/h5-33,54H,1,34H2,2-4H3/b16-15-,48-25-. The van der Waals surface area contributed by atoms with Crippen molar-refractivity contribution in [2.24, 2.45) is 0 Å². The van der Waals surface area contributed by atoms with Crippen molar-refractivity contribution in [2.45, 2.75) is 48.3 Å². The Labute approximate surface area is 329 Å². The second-order valence-corrected chi connectivity index (χ2v) is 17.2. The molecule has 1 unspecified atom stereocenters. The van der Waals surface area contributed by atoms with Crippen LogP contribution in [-0.2, 0) is 16.2 Å². The van der Waals surface area contributed by atoms with E-state index in [2.05, 4.69) is 209 Å². The van der Waals surface area contributed by atoms with Crippen LogP contribution in [0.3, 0.4) is 0 Å². The van der Waals surface area contributed by atoms with Gasteiger partial charge in [-0.1, -0.05) is 202 Å². The Hall–Kier alpha value is -5.83. The molecule has 1 atom stereocenters. The largest absolute Gasteiger partial charge is 0.350 e. The Balaban J connectivity index is 1.01. The minimum atomic E-state index is -0.451. The maximum absolute atomic E-state index is 4.54. The van der Waals surface area contributed by atoms with Crippen LogP contribution in [-0.4, -0.2) is 0 Å². The number of nitrogens with one attached hydrogen (secondary N) is 1. The lowest BCUT2D eigenvalue weighted by Gasteiger charge is -2.36. The van der Waals surface area contributed by atoms with E-state index in [9.17, 15) is 0 Å². The van der Waals surface area contributed by atoms with Crippen LogP contribution in [0.15, 0.2) is 198 Å². The fourth-order valence-electron chi connectivity index (χ4n) is 9.81. The summed E-state index contributed by atoms with van der Waals surface area (Å²) >= 11 is 1.81. The molecule has 1 aliphatic heterocycles. The third-order valence-electron chi connectivity index (χ3n) is 12.6. The highest BCUT2D eigenvalue weighted by Crippen LogP contribution is 2.60. The number of fused-ring (bicyclic) bond motifs is 7. The van der Waals surface area contributed by atoms with Crippen molar-refractivity contribution in [2.75, 3.05) is 5.32 Å². The van der Waals surface area contributed by atoms with Gasteiger partial charge < -0.3 is 5.32 Å². The SMILES string of the molecule is C=C1/C=C\C=C(\Nc2ccc(C3(C)C=CC4=C(C3)C(C)(C)c3ccccc34)cc2)Sc2c1ccc1c2-c2ccccc2C1(c1ccccc1)c1ccccc1. The number of rotatable bonds is 5. The summed E-state index contributed by atoms with van der Waals surface area (Å²) in [6.07, 6.45) is 12.3. The molecule has 6 aromatic rings. The van der Waals surface area contributed by atoms with E-state index in [-0.39, 0.29) is 10.8 Å². The third kappa shape index (κ3) is 5.08. The smallest absolute Gasteiger partial charge is 0.0774 e. The molecule has 0 fully saturated rings. The molecule has 1 N–H and O–H groups in total. The molecule has 4 aliphatic rings. The van der Waals surface area contributed by atoms with Gasteiger partial charge in [-0.3, -0.25) is 0 Å². The molecule has 0 aromatic heterocycles. The third-order valence-corrected chi connectivity index (χ3v) is 13.7. The van der Waals surface area contributed by atoms with Crippen LogP contribution in [0.2, 0.25) is 0 Å². The lowest BCUT2D eigenvalue weighted by atomic mass is 9.67. The highest BCUT2D eigenvalue weighted by Gasteiger charge is 2.47. The van der Waals surface area contributed by atoms with Crippen molar-refractivity contribution >= 4 is 28.6 Å². The van der Waals surface area contributed by atoms with Crippen LogP contribution in [0.1, 0.15) is 71.7 Å². The minimum absolute atomic E-state index is 0.0268. The highest BCUT2D eigenvalue weighted by molar-refractivity contribution is 8.03. The number of benzene rings is 6. The van der Waals surface area contributed by atoms with Crippen molar-refractivity contribution in [3.8, 4) is 11.1 Å². The average molecular weight is 726 g/mol. The zero-order chi connectivity index (χ0) is 37.4. The number of hydrogen-bond donors (Lipinski definition) is 1. The summed E-state index contributed by atoms with van der Waals surface area (Å²) in [6, 6.07) is 53.7. The fourth-order valence-corrected chi connectivity index (χ4v) is 11.0. The van der Waals surface area contributed by atoms with Gasteiger partial charge in [0.25, 0.3) is 0 Å². The zero-order valence-electron chi connectivity index (χ0n) is 31.6. The van der Waals surface area contributed by atoms with Gasteiger partial charge in [0.05, 0.1) is 10.4 Å². The van der Waals surface area contributed by atoms with Crippen LogP contribution >= 0.6 is 11.8 Å². The fraction of sp³-hybridized carbons (Fsp3) is 0.132. The van der Waals surface area contributed by atoms with Crippen molar-refractivity contribution in [1.29, 1.82) is 0 Å². The van der Waals surface area contributed by atoms with Gasteiger partial charge in [0, 0.05) is 27.0 Å². The maximum atomic E-state index is 4.54. The average Bonchev–Trinajstić information content (AvgIpc) is 3.64. The van der Waals surface area contributed by atoms with Gasteiger partial charge in [-0.2, -0.15) is 0 Å². The van der Waals surface area contributed by atoms with E-state index in [1.807, 2.05) is 0 Å². The second-order valence-electron chi connectivity index (χ2n) is 16.1. The summed E-state index contributed by atoms with van der Waals surface area (Å²) in [6.45, 7) is 11.7. The summed E-state index contributed by atoms with van der Waals surface area (Å²) in [4.78, 5) is 1.23. The first-order valence-electron chi connectivity index (χ1n) is 19.3. The second kappa shape index (κ2) is 12.6. The topological polar surface area (TPSA) is 12.0 Å². The molecular weight excluding hydrogens is 683 g/mol. The molecule has 0 spiro atoms. The lowest BCUT2D eigenvalue weighted by molar-refractivity contribution is 0.513. The first-order chi connectivity index (χ1) is 26.8. The highest BCUT2D eigenvalue weighted by atomic mass is 32.2. The molecule has 0 radical (unpaired) electrons. The Kier molecular flexibility index (Phi) is 7.73. The van der Waals surface area contributed by atoms with E-state index in [0.717, 1.165) is 28.3 Å². The first kappa shape index (κ1) is 33.7. The number of anilines is 1. The van der Waals surface area contributed by atoms with Crippen molar-refractivity contribution < 1.29 is 0 Å². The van der Waals surface area contributed by atoms with E-state index in [1.165, 1.54) is 60.5 Å². The summed E-state index contributed by atoms with van der Waals surface area (Å²) in [5.74, 6) is 0. The van der Waals surface area contributed by atoms with Gasteiger partial charge in [0.1, 0.15) is 0 Å². The molecule has 10 rings (SSSR count). The van der Waals surface area contributed by atoms with E-state index in [4.69, 9.17) is 0 Å². The Bertz CT molecular complexity index is 2610. The van der Waals surface area contributed by atoms with Crippen LogP contribution in [0.4, 0.5) is 5.69 Å². The summed E-state index contributed by atoms with van der Waals surface area (Å²) in [5, 5.41) is 4.90. The molecule has 6 aromatic carbocycles. The summed E-state index contributed by atoms with van der Waals surface area (Å²) in [7, 11) is 0. The molecule has 1 heterocycles. The molecule has 2 heteroatoms. The van der Waals surface area contributed by atoms with Gasteiger partial charge in [-0.25, -0.2) is 0 Å². The van der Waals surface area contributed by atoms with Crippen LogP contribution in [0.25, 0.3) is 22.3 Å². The first-order valence-corrected chi connectivity index (χ1v) is 20.1. The molecule has 3 aliphatic carbocycles. The van der Waals surface area contributed by atoms with Crippen molar-refractivity contribution in [3.05, 3.63) is 238 Å². The Morgan fingerprint density at radius 3 is 1.93 bits per heavy atom. The monoisotopic (exact) mass is 725 g/mol. The molecule has 266 valence electrons. The Morgan fingerprint density at radius 2 is 1.22 bits per heavy atom. The molecule has 0 saturated carbocycles. The van der Waals surface area contributed by atoms with E-state index in [0.29, 0.717) is 0 Å². The molecule has 0 saturated heterocycles. The quantitative estimate of drug-likeness (QED) is 0.190. The van der Waals surface area contributed by atoms with Crippen LogP contribution < -0.4 is 5.32 Å². The number of allylic oxidation sites excluding steroid dienone is 8. The van der Waals surface area contributed by atoms with Gasteiger partial charge in [0.2, 0.25) is 0 Å².